The summed E-state index contributed by atoms with van der Waals surface area (Å²) in [6.07, 6.45) is 5.72. The summed E-state index contributed by atoms with van der Waals surface area (Å²) in [6.45, 7) is 0.242. The van der Waals surface area contributed by atoms with Crippen LogP contribution in [0.4, 0.5) is 0 Å². The van der Waals surface area contributed by atoms with Gasteiger partial charge >= 0.3 is 0 Å². The highest BCUT2D eigenvalue weighted by Gasteiger charge is 2.23. The smallest absolute Gasteiger partial charge is 0.240 e. The normalized spacial score (nSPS) is 14.6. The van der Waals surface area contributed by atoms with Gasteiger partial charge in [0.05, 0.1) is 23.7 Å². The Bertz CT molecular complexity index is 655. The highest BCUT2D eigenvalue weighted by atomic mass is 79.9. The minimum absolute atomic E-state index is 0.242. The molecule has 0 aliphatic heterocycles. The van der Waals surface area contributed by atoms with Crippen LogP contribution in [-0.4, -0.2) is 17.3 Å². The Hall–Kier alpha value is -1.40. The van der Waals surface area contributed by atoms with Crippen molar-refractivity contribution < 1.29 is 9.26 Å². The van der Waals surface area contributed by atoms with Gasteiger partial charge < -0.3 is 15.0 Å². The van der Waals surface area contributed by atoms with E-state index in [2.05, 4.69) is 32.1 Å². The summed E-state index contributed by atoms with van der Waals surface area (Å²) in [5.74, 6) is 1.76. The predicted molar refractivity (Wildman–Crippen MR) is 83.1 cm³/mol. The Kier molecular flexibility index (Phi) is 4.26. The maximum absolute atomic E-state index is 5.58. The minimum Gasteiger partial charge on any atom is -0.495 e. The van der Waals surface area contributed by atoms with E-state index >= 15 is 0 Å². The standard InChI is InChI=1S/C15H18BrN3O2/c1-20-14-11(16)7-9-5-3-2-4-6-10(9)13(14)15-18-12(8-17)21-19-15/h7H,2-6,8,17H2,1H3. The molecule has 1 heterocycles. The van der Waals surface area contributed by atoms with Gasteiger partial charge in [-0.2, -0.15) is 4.98 Å². The monoisotopic (exact) mass is 351 g/mol. The van der Waals surface area contributed by atoms with E-state index in [-0.39, 0.29) is 6.54 Å². The Labute approximate surface area is 132 Å². The average molecular weight is 352 g/mol. The second-order valence-corrected chi connectivity index (χ2v) is 6.04. The van der Waals surface area contributed by atoms with Crippen molar-refractivity contribution >= 4 is 15.9 Å². The highest BCUT2D eigenvalue weighted by Crippen LogP contribution is 2.42. The zero-order chi connectivity index (χ0) is 14.8. The Morgan fingerprint density at radius 3 is 2.86 bits per heavy atom. The number of nitrogens with two attached hydrogens (primary N) is 1. The number of hydrogen-bond acceptors (Lipinski definition) is 5. The number of benzene rings is 1. The van der Waals surface area contributed by atoms with E-state index in [9.17, 15) is 0 Å². The molecular weight excluding hydrogens is 334 g/mol. The first-order valence-electron chi connectivity index (χ1n) is 7.16. The van der Waals surface area contributed by atoms with E-state index in [0.29, 0.717) is 11.7 Å². The summed E-state index contributed by atoms with van der Waals surface area (Å²) in [5.41, 5.74) is 9.12. The van der Waals surface area contributed by atoms with Gasteiger partial charge in [-0.25, -0.2) is 0 Å². The Balaban J connectivity index is 2.22. The van der Waals surface area contributed by atoms with Gasteiger partial charge in [-0.05, 0) is 58.8 Å². The van der Waals surface area contributed by atoms with Crippen molar-refractivity contribution in [3.05, 3.63) is 27.6 Å². The quantitative estimate of drug-likeness (QED) is 0.859. The van der Waals surface area contributed by atoms with E-state index in [4.69, 9.17) is 15.0 Å². The van der Waals surface area contributed by atoms with E-state index in [0.717, 1.165) is 28.6 Å². The number of methoxy groups -OCH3 is 1. The number of hydrogen-bond donors (Lipinski definition) is 1. The van der Waals surface area contributed by atoms with E-state index < -0.39 is 0 Å². The van der Waals surface area contributed by atoms with Crippen molar-refractivity contribution in [3.8, 4) is 17.1 Å². The second kappa shape index (κ2) is 6.15. The van der Waals surface area contributed by atoms with Crippen molar-refractivity contribution in [2.75, 3.05) is 7.11 Å². The number of ether oxygens (including phenoxy) is 1. The van der Waals surface area contributed by atoms with Crippen molar-refractivity contribution in [1.82, 2.24) is 10.1 Å². The molecule has 0 bridgehead atoms. The van der Waals surface area contributed by atoms with Crippen LogP contribution in [0.2, 0.25) is 0 Å². The molecule has 0 fully saturated rings. The van der Waals surface area contributed by atoms with Gasteiger partial charge in [-0.3, -0.25) is 0 Å². The molecule has 2 aromatic rings. The fourth-order valence-corrected chi connectivity index (χ4v) is 3.54. The highest BCUT2D eigenvalue weighted by molar-refractivity contribution is 9.10. The molecular formula is C15H18BrN3O2. The predicted octanol–water partition coefficient (Wildman–Crippen LogP) is 3.24. The molecule has 0 radical (unpaired) electrons. The number of rotatable bonds is 3. The molecule has 1 aromatic heterocycles. The Morgan fingerprint density at radius 1 is 1.33 bits per heavy atom. The third-order valence-corrected chi connectivity index (χ3v) is 4.47. The van der Waals surface area contributed by atoms with Gasteiger partial charge in [0.25, 0.3) is 0 Å². The summed E-state index contributed by atoms with van der Waals surface area (Å²) in [4.78, 5) is 4.38. The Morgan fingerprint density at radius 2 is 2.14 bits per heavy atom. The summed E-state index contributed by atoms with van der Waals surface area (Å²) >= 11 is 3.60. The second-order valence-electron chi connectivity index (χ2n) is 5.18. The molecule has 3 rings (SSSR count). The minimum atomic E-state index is 0.242. The van der Waals surface area contributed by atoms with E-state index in [1.807, 2.05) is 0 Å². The van der Waals surface area contributed by atoms with Crippen LogP contribution in [0.3, 0.4) is 0 Å². The van der Waals surface area contributed by atoms with Gasteiger partial charge in [0.1, 0.15) is 5.75 Å². The van der Waals surface area contributed by atoms with Crippen molar-refractivity contribution in [3.63, 3.8) is 0 Å². The molecule has 1 aromatic carbocycles. The van der Waals surface area contributed by atoms with Crippen LogP contribution >= 0.6 is 15.9 Å². The first-order valence-corrected chi connectivity index (χ1v) is 7.95. The maximum atomic E-state index is 5.58. The lowest BCUT2D eigenvalue weighted by Gasteiger charge is -2.16. The van der Waals surface area contributed by atoms with Crippen LogP contribution in [0.1, 0.15) is 36.3 Å². The first kappa shape index (κ1) is 14.5. The van der Waals surface area contributed by atoms with Crippen molar-refractivity contribution in [2.45, 2.75) is 38.6 Å². The number of halogens is 1. The molecule has 1 aliphatic carbocycles. The molecule has 1 aliphatic rings. The lowest BCUT2D eigenvalue weighted by Crippen LogP contribution is -2.01. The van der Waals surface area contributed by atoms with Crippen molar-refractivity contribution in [1.29, 1.82) is 0 Å². The van der Waals surface area contributed by atoms with Crippen LogP contribution in [-0.2, 0) is 19.4 Å². The van der Waals surface area contributed by atoms with E-state index in [1.165, 1.54) is 30.4 Å². The zero-order valence-electron chi connectivity index (χ0n) is 12.0. The topological polar surface area (TPSA) is 74.2 Å². The van der Waals surface area contributed by atoms with Crippen LogP contribution in [0.15, 0.2) is 15.1 Å². The summed E-state index contributed by atoms with van der Waals surface area (Å²) in [6, 6.07) is 2.16. The maximum Gasteiger partial charge on any atom is 0.240 e. The van der Waals surface area contributed by atoms with Gasteiger partial charge in [0.15, 0.2) is 0 Å². The van der Waals surface area contributed by atoms with Crippen LogP contribution in [0.25, 0.3) is 11.4 Å². The molecule has 0 amide bonds. The van der Waals surface area contributed by atoms with E-state index in [1.54, 1.807) is 7.11 Å². The molecule has 0 unspecified atom stereocenters. The van der Waals surface area contributed by atoms with Crippen LogP contribution in [0, 0.1) is 0 Å². The third-order valence-electron chi connectivity index (χ3n) is 3.88. The van der Waals surface area contributed by atoms with Crippen LogP contribution < -0.4 is 10.5 Å². The number of fused-ring (bicyclic) bond motifs is 1. The molecule has 6 heteroatoms. The van der Waals surface area contributed by atoms with Gasteiger partial charge in [0, 0.05) is 0 Å². The summed E-state index contributed by atoms with van der Waals surface area (Å²) in [5, 5.41) is 4.08. The summed E-state index contributed by atoms with van der Waals surface area (Å²) in [7, 11) is 1.66. The lowest BCUT2D eigenvalue weighted by molar-refractivity contribution is 0.379. The van der Waals surface area contributed by atoms with Crippen LogP contribution in [0.5, 0.6) is 5.75 Å². The van der Waals surface area contributed by atoms with Gasteiger partial charge in [-0.1, -0.05) is 11.6 Å². The lowest BCUT2D eigenvalue weighted by atomic mass is 9.95. The number of aromatic nitrogens is 2. The molecule has 0 saturated heterocycles. The number of nitrogens with zero attached hydrogens (tertiary/aromatic N) is 2. The van der Waals surface area contributed by atoms with Gasteiger partial charge in [0.2, 0.25) is 11.7 Å². The SMILES string of the molecule is COc1c(Br)cc2c(c1-c1noc(CN)n1)CCCCC2. The molecule has 0 atom stereocenters. The molecule has 5 nitrogen and oxygen atoms in total. The molecule has 21 heavy (non-hydrogen) atoms. The zero-order valence-corrected chi connectivity index (χ0v) is 13.6. The molecule has 2 N–H and O–H groups in total. The van der Waals surface area contributed by atoms with Gasteiger partial charge in [-0.15, -0.1) is 0 Å². The fraction of sp³-hybridized carbons (Fsp3) is 0.467. The number of aryl methyl sites for hydroxylation is 1. The summed E-state index contributed by atoms with van der Waals surface area (Å²) < 4.78 is 11.7. The van der Waals surface area contributed by atoms with Crippen molar-refractivity contribution in [2.24, 2.45) is 5.73 Å². The average Bonchev–Trinajstić information content (AvgIpc) is 2.84. The molecule has 112 valence electrons. The third kappa shape index (κ3) is 2.70. The first-order chi connectivity index (χ1) is 10.2. The fourth-order valence-electron chi connectivity index (χ4n) is 2.90. The molecule has 0 saturated carbocycles. The largest absolute Gasteiger partial charge is 0.495 e. The molecule has 0 spiro atoms.